The van der Waals surface area contributed by atoms with Crippen molar-refractivity contribution in [2.45, 2.75) is 0 Å². The molecule has 1 aromatic carbocycles. The van der Waals surface area contributed by atoms with Crippen LogP contribution in [-0.2, 0) is 4.84 Å². The molecule has 3 heteroatoms. The molecule has 0 fully saturated rings. The van der Waals surface area contributed by atoms with Gasteiger partial charge in [0, 0.05) is 21.0 Å². The summed E-state index contributed by atoms with van der Waals surface area (Å²) in [6.45, 7) is 0. The molecular formula is C10H9NOS. The Balaban J connectivity index is 2.52. The molecule has 0 bridgehead atoms. The lowest BCUT2D eigenvalue weighted by molar-refractivity contribution is 0.215. The minimum absolute atomic E-state index is 1.11. The van der Waals surface area contributed by atoms with Gasteiger partial charge in [-0.3, -0.25) is 0 Å². The standard InChI is InChI=1S/C10H9NOS/c1-12-11-6-8-7-13-10-5-3-2-4-9(8)10/h2-7H,1H3/b11-6+. The molecule has 0 saturated heterocycles. The van der Waals surface area contributed by atoms with Crippen molar-refractivity contribution < 1.29 is 4.84 Å². The number of fused-ring (bicyclic) bond motifs is 1. The van der Waals surface area contributed by atoms with Crippen molar-refractivity contribution in [2.75, 3.05) is 7.11 Å². The average Bonchev–Trinajstić information content (AvgIpc) is 2.58. The molecule has 0 spiro atoms. The van der Waals surface area contributed by atoms with Crippen molar-refractivity contribution in [3.05, 3.63) is 35.2 Å². The molecule has 0 unspecified atom stereocenters. The molecule has 2 nitrogen and oxygen atoms in total. The highest BCUT2D eigenvalue weighted by atomic mass is 32.1. The molecule has 2 aromatic rings. The van der Waals surface area contributed by atoms with Crippen molar-refractivity contribution in [2.24, 2.45) is 5.16 Å². The highest BCUT2D eigenvalue weighted by Gasteiger charge is 1.99. The third-order valence-electron chi connectivity index (χ3n) is 1.81. The maximum absolute atomic E-state index is 4.64. The van der Waals surface area contributed by atoms with Crippen molar-refractivity contribution in [1.29, 1.82) is 0 Å². The normalized spacial score (nSPS) is 11.2. The van der Waals surface area contributed by atoms with Gasteiger partial charge in [-0.1, -0.05) is 23.4 Å². The summed E-state index contributed by atoms with van der Waals surface area (Å²) >= 11 is 1.72. The Hall–Kier alpha value is -1.35. The van der Waals surface area contributed by atoms with Crippen molar-refractivity contribution in [1.82, 2.24) is 0 Å². The first-order valence-corrected chi connectivity index (χ1v) is 4.82. The average molecular weight is 191 g/mol. The fourth-order valence-electron chi connectivity index (χ4n) is 1.21. The lowest BCUT2D eigenvalue weighted by atomic mass is 10.2. The van der Waals surface area contributed by atoms with Gasteiger partial charge < -0.3 is 4.84 Å². The van der Waals surface area contributed by atoms with Gasteiger partial charge in [0.2, 0.25) is 0 Å². The highest BCUT2D eigenvalue weighted by molar-refractivity contribution is 7.17. The molecule has 0 aliphatic carbocycles. The maximum atomic E-state index is 4.64. The molecule has 0 aliphatic rings. The quantitative estimate of drug-likeness (QED) is 0.528. The molecule has 66 valence electrons. The van der Waals surface area contributed by atoms with E-state index in [1.807, 2.05) is 12.1 Å². The summed E-state index contributed by atoms with van der Waals surface area (Å²) < 4.78 is 1.28. The van der Waals surface area contributed by atoms with Gasteiger partial charge in [-0.05, 0) is 6.07 Å². The minimum atomic E-state index is 1.11. The molecule has 0 saturated carbocycles. The molecule has 1 aromatic heterocycles. The van der Waals surface area contributed by atoms with Gasteiger partial charge in [0.25, 0.3) is 0 Å². The number of oxime groups is 1. The second-order valence-electron chi connectivity index (χ2n) is 2.60. The highest BCUT2D eigenvalue weighted by Crippen LogP contribution is 2.23. The zero-order chi connectivity index (χ0) is 9.10. The zero-order valence-corrected chi connectivity index (χ0v) is 8.04. The fourth-order valence-corrected chi connectivity index (χ4v) is 2.12. The van der Waals surface area contributed by atoms with Crippen LogP contribution in [-0.4, -0.2) is 13.3 Å². The Morgan fingerprint density at radius 2 is 2.23 bits per heavy atom. The molecule has 0 atom stereocenters. The molecule has 0 aliphatic heterocycles. The van der Waals surface area contributed by atoms with Crippen LogP contribution >= 0.6 is 11.3 Å². The lowest BCUT2D eigenvalue weighted by Crippen LogP contribution is -1.77. The first kappa shape index (κ1) is 8.26. The molecule has 2 rings (SSSR count). The zero-order valence-electron chi connectivity index (χ0n) is 7.23. The van der Waals surface area contributed by atoms with Gasteiger partial charge in [0.15, 0.2) is 0 Å². The van der Waals surface area contributed by atoms with Gasteiger partial charge in [-0.15, -0.1) is 11.3 Å². The van der Waals surface area contributed by atoms with Crippen molar-refractivity contribution in [3.8, 4) is 0 Å². The third kappa shape index (κ3) is 1.55. The van der Waals surface area contributed by atoms with E-state index >= 15 is 0 Å². The van der Waals surface area contributed by atoms with Gasteiger partial charge in [-0.25, -0.2) is 0 Å². The van der Waals surface area contributed by atoms with E-state index in [0.29, 0.717) is 0 Å². The summed E-state index contributed by atoms with van der Waals surface area (Å²) in [6, 6.07) is 8.25. The van der Waals surface area contributed by atoms with Crippen molar-refractivity contribution in [3.63, 3.8) is 0 Å². The van der Waals surface area contributed by atoms with Crippen LogP contribution < -0.4 is 0 Å². The van der Waals surface area contributed by atoms with E-state index < -0.39 is 0 Å². The van der Waals surface area contributed by atoms with Crippen LogP contribution in [0.15, 0.2) is 34.8 Å². The molecule has 1 heterocycles. The van der Waals surface area contributed by atoms with Gasteiger partial charge in [0.05, 0.1) is 6.21 Å². The summed E-state index contributed by atoms with van der Waals surface area (Å²) in [5, 5.41) is 7.05. The van der Waals surface area contributed by atoms with Crippen LogP contribution in [0.4, 0.5) is 0 Å². The largest absolute Gasteiger partial charge is 0.399 e. The van der Waals surface area contributed by atoms with Crippen LogP contribution in [0.25, 0.3) is 10.1 Å². The predicted octanol–water partition coefficient (Wildman–Crippen LogP) is 2.88. The van der Waals surface area contributed by atoms with Crippen LogP contribution in [0.1, 0.15) is 5.56 Å². The monoisotopic (exact) mass is 191 g/mol. The van der Waals surface area contributed by atoms with Crippen LogP contribution in [0.2, 0.25) is 0 Å². The first-order valence-electron chi connectivity index (χ1n) is 3.94. The van der Waals surface area contributed by atoms with Gasteiger partial charge in [-0.2, -0.15) is 0 Å². The van der Waals surface area contributed by atoms with E-state index in [-0.39, 0.29) is 0 Å². The van der Waals surface area contributed by atoms with Crippen LogP contribution in [0, 0.1) is 0 Å². The van der Waals surface area contributed by atoms with Crippen molar-refractivity contribution >= 4 is 27.6 Å². The van der Waals surface area contributed by atoms with E-state index in [9.17, 15) is 0 Å². The summed E-state index contributed by atoms with van der Waals surface area (Å²) in [6.07, 6.45) is 1.73. The SMILES string of the molecule is CO/N=C/c1csc2ccccc12. The topological polar surface area (TPSA) is 21.6 Å². The second-order valence-corrected chi connectivity index (χ2v) is 3.52. The molecule has 0 N–H and O–H groups in total. The number of nitrogens with zero attached hydrogens (tertiary/aromatic N) is 1. The van der Waals surface area contributed by atoms with E-state index in [0.717, 1.165) is 5.56 Å². The second kappa shape index (κ2) is 3.58. The number of hydrogen-bond acceptors (Lipinski definition) is 3. The van der Waals surface area contributed by atoms with Crippen LogP contribution in [0.3, 0.4) is 0 Å². The lowest BCUT2D eigenvalue weighted by Gasteiger charge is -1.89. The Kier molecular flexibility index (Phi) is 2.27. The van der Waals surface area contributed by atoms with E-state index in [1.54, 1.807) is 24.7 Å². The summed E-state index contributed by atoms with van der Waals surface area (Å²) in [7, 11) is 1.55. The number of benzene rings is 1. The van der Waals surface area contributed by atoms with Gasteiger partial charge in [0.1, 0.15) is 7.11 Å². The minimum Gasteiger partial charge on any atom is -0.399 e. The Morgan fingerprint density at radius 3 is 3.08 bits per heavy atom. The van der Waals surface area contributed by atoms with E-state index in [1.165, 1.54) is 10.1 Å². The number of hydrogen-bond donors (Lipinski definition) is 0. The molecule has 13 heavy (non-hydrogen) atoms. The molecule has 0 amide bonds. The Labute approximate surface area is 80.4 Å². The molecular weight excluding hydrogens is 182 g/mol. The Bertz CT molecular complexity index is 433. The number of rotatable bonds is 2. The smallest absolute Gasteiger partial charge is 0.106 e. The molecule has 0 radical (unpaired) electrons. The fraction of sp³-hybridized carbons (Fsp3) is 0.100. The number of thiophene rings is 1. The summed E-state index contributed by atoms with van der Waals surface area (Å²) in [5.74, 6) is 0. The van der Waals surface area contributed by atoms with E-state index in [2.05, 4.69) is 27.5 Å². The van der Waals surface area contributed by atoms with Gasteiger partial charge >= 0.3 is 0 Å². The van der Waals surface area contributed by atoms with Crippen LogP contribution in [0.5, 0.6) is 0 Å². The third-order valence-corrected chi connectivity index (χ3v) is 2.79. The summed E-state index contributed by atoms with van der Waals surface area (Å²) in [4.78, 5) is 4.64. The maximum Gasteiger partial charge on any atom is 0.106 e. The Morgan fingerprint density at radius 1 is 1.38 bits per heavy atom. The van der Waals surface area contributed by atoms with E-state index in [4.69, 9.17) is 0 Å². The summed E-state index contributed by atoms with van der Waals surface area (Å²) in [5.41, 5.74) is 1.11. The first-order chi connectivity index (χ1) is 6.42. The predicted molar refractivity (Wildman–Crippen MR) is 56.4 cm³/mol.